The predicted molar refractivity (Wildman–Crippen MR) is 198 cm³/mol. The molecule has 4 aliphatic heterocycles. The number of hydrogen-bond donors (Lipinski definition) is 0. The molecule has 1 saturated heterocycles. The lowest BCUT2D eigenvalue weighted by Crippen LogP contribution is -2.74. The lowest BCUT2D eigenvalue weighted by Gasteiger charge is -2.55. The number of aromatic nitrogens is 3. The predicted octanol–water partition coefficient (Wildman–Crippen LogP) is 7.34. The molecular weight excluding hydrogens is 585 g/mol. The van der Waals surface area contributed by atoms with Gasteiger partial charge in [-0.1, -0.05) is 151 Å². The molecule has 0 unspecified atom stereocenters. The zero-order valence-electron chi connectivity index (χ0n) is 26.2. The van der Waals surface area contributed by atoms with Crippen molar-refractivity contribution in [2.45, 2.75) is 0 Å². The first-order valence-corrected chi connectivity index (χ1v) is 16.3. The molecule has 0 N–H and O–H groups in total. The van der Waals surface area contributed by atoms with Crippen LogP contribution >= 0.6 is 0 Å². The van der Waals surface area contributed by atoms with Gasteiger partial charge in [-0.2, -0.15) is 0 Å². The number of nitrogens with zero attached hydrogens (tertiary/aromatic N) is 6. The molecule has 9 heteroatoms. The van der Waals surface area contributed by atoms with Crippen LogP contribution in [0.1, 0.15) is 17.0 Å². The van der Waals surface area contributed by atoms with E-state index in [-0.39, 0.29) is 20.9 Å². The molecule has 9 rings (SSSR count). The third-order valence-corrected chi connectivity index (χ3v) is 9.23. The molecule has 0 radical (unpaired) electrons. The summed E-state index contributed by atoms with van der Waals surface area (Å²) in [5.41, 5.74) is 7.64. The van der Waals surface area contributed by atoms with Gasteiger partial charge in [-0.05, 0) is 41.3 Å². The maximum atomic E-state index is 5.03. The van der Waals surface area contributed by atoms with Gasteiger partial charge in [-0.15, -0.1) is 0 Å². The van der Waals surface area contributed by atoms with E-state index in [0.717, 1.165) is 16.7 Å². The van der Waals surface area contributed by atoms with Gasteiger partial charge >= 0.3 is 20.9 Å². The molecule has 48 heavy (non-hydrogen) atoms. The van der Waals surface area contributed by atoms with E-state index in [2.05, 4.69) is 129 Å². The van der Waals surface area contributed by atoms with Crippen molar-refractivity contribution in [2.24, 2.45) is 0 Å². The summed E-state index contributed by atoms with van der Waals surface area (Å²) >= 11 is 0. The van der Waals surface area contributed by atoms with Crippen LogP contribution in [0.15, 0.2) is 176 Å². The lowest BCUT2D eigenvalue weighted by molar-refractivity contribution is 0.634. The van der Waals surface area contributed by atoms with Crippen LogP contribution < -0.4 is 0 Å². The Bertz CT molecular complexity index is 2110. The summed E-state index contributed by atoms with van der Waals surface area (Å²) in [4.78, 5) is 15.0. The van der Waals surface area contributed by atoms with E-state index < -0.39 is 0 Å². The van der Waals surface area contributed by atoms with Gasteiger partial charge in [0, 0.05) is 22.4 Å². The van der Waals surface area contributed by atoms with Gasteiger partial charge in [0.1, 0.15) is 0 Å². The van der Waals surface area contributed by atoms with Crippen LogP contribution in [0.2, 0.25) is 0 Å². The van der Waals surface area contributed by atoms with Crippen LogP contribution in [0.5, 0.6) is 0 Å². The lowest BCUT2D eigenvalue weighted by atomic mass is 9.40. The van der Waals surface area contributed by atoms with Crippen LogP contribution in [0.25, 0.3) is 39.6 Å². The number of rotatable bonds is 5. The Hall–Kier alpha value is -6.08. The molecule has 0 amide bonds. The molecule has 0 aliphatic carbocycles. The minimum Gasteiger partial charge on any atom is -0.423 e. The van der Waals surface area contributed by atoms with Gasteiger partial charge < -0.3 is 14.2 Å². The van der Waals surface area contributed by atoms with Gasteiger partial charge in [-0.3, -0.25) is 0 Å². The Kier molecular flexibility index (Phi) is 7.01. The first kappa shape index (κ1) is 28.2. The van der Waals surface area contributed by atoms with Crippen molar-refractivity contribution in [3.63, 3.8) is 0 Å². The summed E-state index contributed by atoms with van der Waals surface area (Å²) in [5.74, 6) is 8.91. The summed E-state index contributed by atoms with van der Waals surface area (Å²) in [6.45, 7) is -0.0483. The highest BCUT2D eigenvalue weighted by Crippen LogP contribution is 2.38. The highest BCUT2D eigenvalue weighted by molar-refractivity contribution is 6.93. The summed E-state index contributed by atoms with van der Waals surface area (Å²) in [7, 11) is 0. The highest BCUT2D eigenvalue weighted by Gasteiger charge is 2.52. The minimum atomic E-state index is -0.0415. The Labute approximate surface area is 281 Å². The second-order valence-corrected chi connectivity index (χ2v) is 12.1. The first-order valence-electron chi connectivity index (χ1n) is 16.3. The standard InChI is InChI=1S/C39H29B3N6/c1-5-14-30(15-6-1)34-24-27-46-40-26-23-35(29-47(40)41-25-13-22-36(48(41)42(46)28-34)31-16-7-2-8-17-31)39-44-37(32-18-9-3-10-19-32)43-38(45-39)33-20-11-4-12-21-33/h1-29H. The molecule has 5 heterocycles. The Morgan fingerprint density at radius 2 is 1.02 bits per heavy atom. The average Bonchev–Trinajstić information content (AvgIpc) is 3.18. The maximum absolute atomic E-state index is 5.03. The van der Waals surface area contributed by atoms with Gasteiger partial charge in [0.25, 0.3) is 0 Å². The average molecular weight is 614 g/mol. The SMILES string of the molecule is C1=CB2N3C=C(c4nc(-c5ccccc5)nc(-c5ccccc5)n4)C=CB3N3C=CC(c4ccccc4)=CB3N2C(c2ccccc2)=C1. The van der Waals surface area contributed by atoms with Crippen molar-refractivity contribution in [3.05, 3.63) is 193 Å². The zero-order chi connectivity index (χ0) is 31.9. The molecule has 224 valence electrons. The quantitative estimate of drug-likeness (QED) is 0.193. The molecule has 0 saturated carbocycles. The van der Waals surface area contributed by atoms with Crippen molar-refractivity contribution in [1.82, 2.24) is 29.1 Å². The maximum Gasteiger partial charge on any atom is 0.381 e. The van der Waals surface area contributed by atoms with Crippen LogP contribution in [-0.2, 0) is 0 Å². The largest absolute Gasteiger partial charge is 0.423 e. The third kappa shape index (κ3) is 5.01. The molecule has 0 spiro atoms. The van der Waals surface area contributed by atoms with Crippen LogP contribution in [0.3, 0.4) is 0 Å². The molecule has 6 nitrogen and oxygen atoms in total. The number of allylic oxidation sites excluding steroid dienone is 6. The molecule has 1 fully saturated rings. The van der Waals surface area contributed by atoms with Crippen molar-refractivity contribution in [1.29, 1.82) is 0 Å². The molecule has 5 aromatic rings. The van der Waals surface area contributed by atoms with Crippen LogP contribution in [0.4, 0.5) is 0 Å². The topological polar surface area (TPSA) is 48.4 Å². The van der Waals surface area contributed by atoms with Crippen LogP contribution in [-0.4, -0.2) is 50.1 Å². The molecule has 1 aromatic heterocycles. The summed E-state index contributed by atoms with van der Waals surface area (Å²) < 4.78 is 7.36. The van der Waals surface area contributed by atoms with E-state index in [9.17, 15) is 0 Å². The fourth-order valence-corrected chi connectivity index (χ4v) is 6.94. The van der Waals surface area contributed by atoms with Gasteiger partial charge in [-0.25, -0.2) is 15.0 Å². The first-order chi connectivity index (χ1) is 23.8. The monoisotopic (exact) mass is 614 g/mol. The zero-order valence-corrected chi connectivity index (χ0v) is 26.2. The van der Waals surface area contributed by atoms with E-state index in [0.29, 0.717) is 17.5 Å². The van der Waals surface area contributed by atoms with Crippen molar-refractivity contribution in [2.75, 3.05) is 0 Å². The van der Waals surface area contributed by atoms with E-state index in [1.54, 1.807) is 0 Å². The van der Waals surface area contributed by atoms with Crippen molar-refractivity contribution >= 4 is 37.8 Å². The highest BCUT2D eigenvalue weighted by atomic mass is 15.3. The smallest absolute Gasteiger partial charge is 0.381 e. The normalized spacial score (nSPS) is 16.2. The minimum absolute atomic E-state index is 0.000922. The fourth-order valence-electron chi connectivity index (χ4n) is 6.94. The molecule has 4 aromatic carbocycles. The fraction of sp³-hybridized carbons (Fsp3) is 0. The Morgan fingerprint density at radius 3 is 1.65 bits per heavy atom. The summed E-state index contributed by atoms with van der Waals surface area (Å²) in [6, 6.07) is 41.6. The van der Waals surface area contributed by atoms with Gasteiger partial charge in [0.15, 0.2) is 17.5 Å². The molecule has 4 aliphatic rings. The van der Waals surface area contributed by atoms with Crippen LogP contribution in [0, 0.1) is 0 Å². The molecule has 0 bridgehead atoms. The van der Waals surface area contributed by atoms with Gasteiger partial charge in [0.05, 0.1) is 0 Å². The van der Waals surface area contributed by atoms with Crippen molar-refractivity contribution in [3.8, 4) is 22.8 Å². The number of fused-ring (bicyclic) bond motifs is 6. The van der Waals surface area contributed by atoms with Gasteiger partial charge in [0.2, 0.25) is 0 Å². The second-order valence-electron chi connectivity index (χ2n) is 12.1. The van der Waals surface area contributed by atoms with E-state index >= 15 is 0 Å². The van der Waals surface area contributed by atoms with E-state index in [1.807, 2.05) is 60.7 Å². The number of benzene rings is 4. The Morgan fingerprint density at radius 1 is 0.458 bits per heavy atom. The third-order valence-electron chi connectivity index (χ3n) is 9.23. The number of hydrogen-bond acceptors (Lipinski definition) is 6. The van der Waals surface area contributed by atoms with Crippen molar-refractivity contribution < 1.29 is 0 Å². The molecule has 0 atom stereocenters. The second kappa shape index (κ2) is 11.9. The Balaban J connectivity index is 1.16. The summed E-state index contributed by atoms with van der Waals surface area (Å²) in [5, 5.41) is 0. The van der Waals surface area contributed by atoms with E-state index in [1.165, 1.54) is 22.4 Å². The molecular formula is C39H29B3N6. The summed E-state index contributed by atoms with van der Waals surface area (Å²) in [6.07, 6.45) is 13.3. The van der Waals surface area contributed by atoms with E-state index in [4.69, 9.17) is 15.0 Å².